The Balaban J connectivity index is 0.000000116. The highest BCUT2D eigenvalue weighted by Gasteiger charge is 2.52. The predicted octanol–water partition coefficient (Wildman–Crippen LogP) is 38.8. The van der Waals surface area contributed by atoms with E-state index in [0.29, 0.717) is 0 Å². The summed E-state index contributed by atoms with van der Waals surface area (Å²) in [7, 11) is 0. The van der Waals surface area contributed by atoms with E-state index in [0.717, 1.165) is 64.6 Å². The Hall–Kier alpha value is -16.3. The maximum Gasteiger partial charge on any atom is 0.0726 e. The predicted molar refractivity (Wildman–Crippen MR) is 610 cm³/mol. The molecule has 680 valence electrons. The molecule has 0 aromatic heterocycles. The molecule has 0 saturated carbocycles. The van der Waals surface area contributed by atoms with Crippen molar-refractivity contribution in [3.63, 3.8) is 0 Å². The quantitative estimate of drug-likeness (QED) is 0.0900. The van der Waals surface area contributed by atoms with Gasteiger partial charge in [0.25, 0.3) is 0 Å². The van der Waals surface area contributed by atoms with Crippen LogP contribution in [0.5, 0.6) is 0 Å². The molecule has 143 heavy (non-hydrogen) atoms. The zero-order valence-corrected chi connectivity index (χ0v) is 83.7. The summed E-state index contributed by atoms with van der Waals surface area (Å²) >= 11 is 10.7. The maximum atomic E-state index is 3.58. The van der Waals surface area contributed by atoms with Crippen LogP contribution < -0.4 is 14.7 Å². The molecule has 0 N–H and O–H groups in total. The fourth-order valence-corrected chi connectivity index (χ4v) is 23.4. The highest BCUT2D eigenvalue weighted by atomic mass is 79.9. The average Bonchev–Trinajstić information content (AvgIpc) is 1.50. The van der Waals surface area contributed by atoms with Crippen LogP contribution in [0.3, 0.4) is 0 Å². The van der Waals surface area contributed by atoms with Gasteiger partial charge in [-0.05, 0) is 312 Å². The molecule has 6 heteroatoms. The van der Waals surface area contributed by atoms with Gasteiger partial charge < -0.3 is 14.7 Å². The van der Waals surface area contributed by atoms with Crippen LogP contribution >= 0.6 is 47.8 Å². The number of anilines is 9. The third-order valence-corrected chi connectivity index (χ3v) is 31.0. The Morgan fingerprint density at radius 3 is 0.580 bits per heavy atom. The van der Waals surface area contributed by atoms with Crippen molar-refractivity contribution in [2.24, 2.45) is 0 Å². The highest BCUT2D eigenvalue weighted by molar-refractivity contribution is 9.11. The van der Waals surface area contributed by atoms with Crippen molar-refractivity contribution in [3.8, 4) is 111 Å². The Morgan fingerprint density at radius 2 is 0.315 bits per heavy atom. The number of benzene rings is 22. The maximum absolute atomic E-state index is 3.58. The van der Waals surface area contributed by atoms with E-state index in [1.807, 2.05) is 0 Å². The molecule has 0 heterocycles. The average molecular weight is 2020 g/mol. The molecule has 1 spiro atoms. The number of nitrogens with zero attached hydrogens (tertiary/aromatic N) is 3. The topological polar surface area (TPSA) is 9.72 Å². The Kier molecular flexibility index (Phi) is 23.7. The lowest BCUT2D eigenvalue weighted by Crippen LogP contribution is -2.28. The third kappa shape index (κ3) is 16.3. The van der Waals surface area contributed by atoms with Crippen LogP contribution in [-0.4, -0.2) is 0 Å². The molecule has 22 aromatic carbocycles. The van der Waals surface area contributed by atoms with Gasteiger partial charge in [-0.1, -0.05) is 462 Å². The van der Waals surface area contributed by atoms with Crippen molar-refractivity contribution in [1.29, 1.82) is 0 Å². The van der Waals surface area contributed by atoms with Crippen LogP contribution in [0.25, 0.3) is 111 Å². The molecule has 0 atom stereocenters. The van der Waals surface area contributed by atoms with Gasteiger partial charge in [-0.3, -0.25) is 0 Å². The van der Waals surface area contributed by atoms with Crippen molar-refractivity contribution < 1.29 is 0 Å². The minimum absolute atomic E-state index is 0.0593. The van der Waals surface area contributed by atoms with Crippen molar-refractivity contribution >= 4 is 99.0 Å². The first-order chi connectivity index (χ1) is 70.4. The van der Waals surface area contributed by atoms with Gasteiger partial charge in [-0.15, -0.1) is 0 Å². The van der Waals surface area contributed by atoms with E-state index in [2.05, 4.69) is 622 Å². The molecule has 0 aliphatic heterocycles. The van der Waals surface area contributed by atoms with E-state index in [9.17, 15) is 0 Å². The first-order valence-corrected chi connectivity index (χ1v) is 51.3. The van der Waals surface area contributed by atoms with E-state index in [-0.39, 0.29) is 5.41 Å². The first kappa shape index (κ1) is 89.3. The zero-order chi connectivity index (χ0) is 96.1. The fourth-order valence-electron chi connectivity index (χ4n) is 22.6. The van der Waals surface area contributed by atoms with Crippen molar-refractivity contribution in [3.05, 3.63) is 615 Å². The first-order valence-electron chi connectivity index (χ1n) is 48.9. The molecular formula is C137H96Br3N3. The standard InChI is InChI=1S/C49H32BrN.C49H34BrN.C39H30BrN/c50-37-24-18-34(19-25-37)36-22-28-39(29-23-36)51(38-26-20-35(21-27-38)33-10-2-1-3-11-33)40-30-31-44-43-14-6-9-17-47(43)49(48(44)32-40)45-15-7-4-12-41(45)42-13-5-8-16-46(42)49;50-41-26-20-36(21-27-41)38-24-30-43(31-25-38)51(42-28-22-37(23-29-42)35-12-4-1-5-13-35)44-32-33-46-45-18-10-11-19-47(45)49(48(46)34-44,39-14-6-2-7-15-39)40-16-8-3-9-17-40;1-39(2)37-11-7-6-10-35(37)36-25-24-34(26-38(36)39)41(32-20-14-29(15-21-32)27-8-4-3-5-9-27)33-22-16-30(17-23-33)28-12-18-31(40)19-13-28/h1-32H;1-34H;3-26H,1-2H3. The van der Waals surface area contributed by atoms with E-state index in [1.54, 1.807) is 0 Å². The van der Waals surface area contributed by atoms with Gasteiger partial charge >= 0.3 is 0 Å². The lowest BCUT2D eigenvalue weighted by molar-refractivity contribution is 0.660. The minimum Gasteiger partial charge on any atom is -0.310 e. The molecule has 3 nitrogen and oxygen atoms in total. The summed E-state index contributed by atoms with van der Waals surface area (Å²) in [5, 5.41) is 0. The van der Waals surface area contributed by atoms with E-state index >= 15 is 0 Å². The molecule has 0 unspecified atom stereocenters. The number of hydrogen-bond donors (Lipinski definition) is 0. The second-order valence-corrected chi connectivity index (χ2v) is 40.4. The molecule has 0 bridgehead atoms. The van der Waals surface area contributed by atoms with Crippen molar-refractivity contribution in [2.75, 3.05) is 14.7 Å². The lowest BCUT2D eigenvalue weighted by atomic mass is 9.67. The SMILES string of the molecule is Brc1ccc(-c2ccc(N(c3ccc(-c4ccccc4)cc3)c3ccc4c(c3)C(c3ccccc3)(c3ccccc3)c3ccccc3-4)cc2)cc1.Brc1ccc(-c2ccc(N(c3ccc(-c4ccccc4)cc3)c3ccc4c(c3)C3(c5ccccc5-c5ccccc53)c3ccccc3-4)cc2)cc1.CC1(C)c2ccccc2-c2ccc(N(c3ccc(-c4ccccc4)cc3)c3ccc(-c4ccc(Br)cc4)cc3)cc21. The highest BCUT2D eigenvalue weighted by Crippen LogP contribution is 2.65. The molecule has 0 saturated heterocycles. The van der Waals surface area contributed by atoms with Gasteiger partial charge in [0.2, 0.25) is 0 Å². The van der Waals surface area contributed by atoms with E-state index in [1.165, 1.54) is 167 Å². The summed E-state index contributed by atoms with van der Waals surface area (Å²) in [6.07, 6.45) is 0. The van der Waals surface area contributed by atoms with Crippen LogP contribution in [0, 0.1) is 0 Å². The van der Waals surface area contributed by atoms with Crippen LogP contribution in [0.2, 0.25) is 0 Å². The van der Waals surface area contributed by atoms with Gasteiger partial charge in [0.05, 0.1) is 10.8 Å². The van der Waals surface area contributed by atoms with E-state index in [4.69, 9.17) is 0 Å². The number of rotatable bonds is 17. The lowest BCUT2D eigenvalue weighted by Gasteiger charge is -2.35. The summed E-state index contributed by atoms with van der Waals surface area (Å²) in [5.74, 6) is 0. The molecule has 0 fully saturated rings. The van der Waals surface area contributed by atoms with Gasteiger partial charge in [0.15, 0.2) is 0 Å². The second kappa shape index (κ2) is 38.0. The molecule has 4 aliphatic rings. The second-order valence-electron chi connectivity index (χ2n) is 37.7. The zero-order valence-electron chi connectivity index (χ0n) is 78.9. The van der Waals surface area contributed by atoms with Gasteiger partial charge in [0, 0.05) is 70.0 Å². The molecule has 22 aromatic rings. The molecular weight excluding hydrogens is 1930 g/mol. The van der Waals surface area contributed by atoms with Crippen molar-refractivity contribution in [1.82, 2.24) is 0 Å². The molecule has 0 radical (unpaired) electrons. The summed E-state index contributed by atoms with van der Waals surface area (Å²) in [6, 6.07) is 199. The van der Waals surface area contributed by atoms with Gasteiger partial charge in [-0.2, -0.15) is 0 Å². The third-order valence-electron chi connectivity index (χ3n) is 29.4. The Labute approximate surface area is 862 Å². The van der Waals surface area contributed by atoms with Gasteiger partial charge in [0.1, 0.15) is 0 Å². The van der Waals surface area contributed by atoms with Crippen LogP contribution in [0.4, 0.5) is 51.2 Å². The number of hydrogen-bond acceptors (Lipinski definition) is 3. The molecule has 0 amide bonds. The largest absolute Gasteiger partial charge is 0.310 e. The smallest absolute Gasteiger partial charge is 0.0726 e. The number of fused-ring (bicyclic) bond motifs is 16. The molecule has 26 rings (SSSR count). The fraction of sp³-hybridized carbons (Fsp3) is 0.0365. The van der Waals surface area contributed by atoms with Crippen LogP contribution in [0.15, 0.2) is 559 Å². The summed E-state index contributed by atoms with van der Waals surface area (Å²) in [4.78, 5) is 7.17. The summed E-state index contributed by atoms with van der Waals surface area (Å²) < 4.78 is 3.25. The van der Waals surface area contributed by atoms with Gasteiger partial charge in [-0.25, -0.2) is 0 Å². The normalized spacial score (nSPS) is 12.8. The minimum atomic E-state index is -0.473. The number of halogens is 3. The Bertz CT molecular complexity index is 8030. The summed E-state index contributed by atoms with van der Waals surface area (Å²) in [6.45, 7) is 4.68. The van der Waals surface area contributed by atoms with Crippen molar-refractivity contribution in [2.45, 2.75) is 30.1 Å². The monoisotopic (exact) mass is 2020 g/mol. The molecule has 4 aliphatic carbocycles. The van der Waals surface area contributed by atoms with Crippen LogP contribution in [0.1, 0.15) is 69.5 Å². The summed E-state index contributed by atoms with van der Waals surface area (Å²) in [5.41, 5.74) is 47.3. The Morgan fingerprint density at radius 1 is 0.140 bits per heavy atom. The van der Waals surface area contributed by atoms with Crippen LogP contribution in [-0.2, 0) is 16.2 Å². The van der Waals surface area contributed by atoms with E-state index < -0.39 is 10.8 Å².